The fourth-order valence-corrected chi connectivity index (χ4v) is 6.04. The Hall–Kier alpha value is -0.740. The maximum absolute atomic E-state index is 12.4. The van der Waals surface area contributed by atoms with Crippen molar-refractivity contribution in [1.29, 1.82) is 0 Å². The first kappa shape index (κ1) is 12.0. The molecule has 4 fully saturated rings. The molecule has 1 spiro atoms. The zero-order valence-electron chi connectivity index (χ0n) is 11.0. The molecule has 4 bridgehead atoms. The smallest absolute Gasteiger partial charge is 0.165 e. The van der Waals surface area contributed by atoms with E-state index >= 15 is 0 Å². The molecule has 2 unspecified atom stereocenters. The highest BCUT2D eigenvalue weighted by Gasteiger charge is 2.79. The summed E-state index contributed by atoms with van der Waals surface area (Å²) in [5.41, 5.74) is -3.45. The standard InChI is InChI=1S/C15H20O4/c16-11-7-14(18)10-5-9-3-1-2-4-13(9,14)15(19,8-11)12(17)6-10/h9-10,18-19H,1-8H2/t9-,10?,13?,14+,15-/m0/s1. The van der Waals surface area contributed by atoms with Crippen LogP contribution in [0.15, 0.2) is 0 Å². The molecule has 4 heteroatoms. The van der Waals surface area contributed by atoms with Gasteiger partial charge in [-0.1, -0.05) is 12.8 Å². The highest BCUT2D eigenvalue weighted by atomic mass is 16.3. The van der Waals surface area contributed by atoms with Crippen molar-refractivity contribution in [1.82, 2.24) is 0 Å². The molecule has 4 aliphatic carbocycles. The van der Waals surface area contributed by atoms with Gasteiger partial charge in [0.15, 0.2) is 5.78 Å². The van der Waals surface area contributed by atoms with E-state index in [1.54, 1.807) is 0 Å². The molecule has 0 aromatic rings. The second-order valence-electron chi connectivity index (χ2n) is 7.15. The van der Waals surface area contributed by atoms with Gasteiger partial charge in [-0.25, -0.2) is 0 Å². The van der Waals surface area contributed by atoms with E-state index in [9.17, 15) is 19.8 Å². The van der Waals surface area contributed by atoms with E-state index in [1.165, 1.54) is 0 Å². The van der Waals surface area contributed by atoms with Crippen LogP contribution in [0.2, 0.25) is 0 Å². The molecule has 2 N–H and O–H groups in total. The highest BCUT2D eigenvalue weighted by molar-refractivity contribution is 5.98. The normalized spacial score (nSPS) is 56.1. The lowest BCUT2D eigenvalue weighted by atomic mass is 9.45. The van der Waals surface area contributed by atoms with E-state index in [2.05, 4.69) is 0 Å². The van der Waals surface area contributed by atoms with Crippen molar-refractivity contribution >= 4 is 11.6 Å². The summed E-state index contributed by atoms with van der Waals surface area (Å²) < 4.78 is 0. The average molecular weight is 264 g/mol. The van der Waals surface area contributed by atoms with Crippen molar-refractivity contribution < 1.29 is 19.8 Å². The molecule has 0 aromatic heterocycles. The molecule has 4 saturated carbocycles. The Morgan fingerprint density at radius 2 is 1.84 bits per heavy atom. The Balaban J connectivity index is 1.97. The third-order valence-electron chi connectivity index (χ3n) is 6.64. The van der Waals surface area contributed by atoms with Crippen molar-refractivity contribution in [2.75, 3.05) is 0 Å². The second-order valence-corrected chi connectivity index (χ2v) is 7.15. The Bertz CT molecular complexity index is 487. The zero-order chi connectivity index (χ0) is 13.5. The molecule has 4 nitrogen and oxygen atoms in total. The van der Waals surface area contributed by atoms with Crippen LogP contribution in [-0.2, 0) is 9.59 Å². The van der Waals surface area contributed by atoms with Gasteiger partial charge >= 0.3 is 0 Å². The van der Waals surface area contributed by atoms with Crippen molar-refractivity contribution in [3.63, 3.8) is 0 Å². The molecular weight excluding hydrogens is 244 g/mol. The van der Waals surface area contributed by atoms with Crippen molar-refractivity contribution in [2.45, 2.75) is 62.6 Å². The number of Topliss-reactive ketones (excluding diaryl/α,β-unsaturated/α-hetero) is 2. The van der Waals surface area contributed by atoms with Crippen molar-refractivity contribution in [2.24, 2.45) is 17.3 Å². The lowest BCUT2D eigenvalue weighted by Crippen LogP contribution is -2.74. The van der Waals surface area contributed by atoms with E-state index < -0.39 is 16.6 Å². The summed E-state index contributed by atoms with van der Waals surface area (Å²) in [6.45, 7) is 0. The summed E-state index contributed by atoms with van der Waals surface area (Å²) >= 11 is 0. The van der Waals surface area contributed by atoms with Gasteiger partial charge in [-0.15, -0.1) is 0 Å². The fraction of sp³-hybridized carbons (Fsp3) is 0.867. The lowest BCUT2D eigenvalue weighted by Gasteiger charge is -2.62. The first-order chi connectivity index (χ1) is 8.94. The molecule has 0 saturated heterocycles. The molecular formula is C15H20O4. The fourth-order valence-electron chi connectivity index (χ4n) is 6.04. The Kier molecular flexibility index (Phi) is 2.08. The maximum Gasteiger partial charge on any atom is 0.165 e. The summed E-state index contributed by atoms with van der Waals surface area (Å²) in [5.74, 6) is -0.257. The van der Waals surface area contributed by atoms with Crippen molar-refractivity contribution in [3.8, 4) is 0 Å². The Morgan fingerprint density at radius 3 is 2.63 bits per heavy atom. The summed E-state index contributed by atoms with van der Waals surface area (Å²) in [7, 11) is 0. The first-order valence-corrected chi connectivity index (χ1v) is 7.44. The topological polar surface area (TPSA) is 74.6 Å². The maximum atomic E-state index is 12.4. The van der Waals surface area contributed by atoms with Gasteiger partial charge in [0.2, 0.25) is 0 Å². The van der Waals surface area contributed by atoms with Crippen LogP contribution in [-0.4, -0.2) is 33.0 Å². The van der Waals surface area contributed by atoms with Gasteiger partial charge in [-0.3, -0.25) is 9.59 Å². The Morgan fingerprint density at radius 1 is 1.05 bits per heavy atom. The lowest BCUT2D eigenvalue weighted by molar-refractivity contribution is -0.247. The first-order valence-electron chi connectivity index (χ1n) is 7.44. The predicted molar refractivity (Wildman–Crippen MR) is 66.3 cm³/mol. The molecule has 0 radical (unpaired) electrons. The van der Waals surface area contributed by atoms with Gasteiger partial charge in [0.25, 0.3) is 0 Å². The summed E-state index contributed by atoms with van der Waals surface area (Å²) in [6.07, 6.45) is 4.84. The molecule has 0 aliphatic heterocycles. The van der Waals surface area contributed by atoms with Gasteiger partial charge < -0.3 is 10.2 Å². The van der Waals surface area contributed by atoms with Gasteiger partial charge in [0, 0.05) is 24.7 Å². The molecule has 4 rings (SSSR count). The summed E-state index contributed by atoms with van der Waals surface area (Å²) in [5, 5.41) is 22.3. The average Bonchev–Trinajstić information content (AvgIpc) is 2.53. The van der Waals surface area contributed by atoms with Crippen LogP contribution < -0.4 is 0 Å². The third kappa shape index (κ3) is 1.07. The zero-order valence-corrected chi connectivity index (χ0v) is 11.0. The number of carbonyl (C=O) groups excluding carboxylic acids is 2. The van der Waals surface area contributed by atoms with Crippen LogP contribution in [0.1, 0.15) is 51.4 Å². The number of hydrogen-bond acceptors (Lipinski definition) is 4. The number of aliphatic hydroxyl groups is 2. The number of hydrogen-bond donors (Lipinski definition) is 2. The van der Waals surface area contributed by atoms with Crippen LogP contribution in [0.25, 0.3) is 0 Å². The molecule has 4 aliphatic rings. The van der Waals surface area contributed by atoms with Crippen LogP contribution >= 0.6 is 0 Å². The van der Waals surface area contributed by atoms with Crippen LogP contribution in [0.3, 0.4) is 0 Å². The summed E-state index contributed by atoms with van der Waals surface area (Å²) in [4.78, 5) is 24.4. The monoisotopic (exact) mass is 264 g/mol. The van der Waals surface area contributed by atoms with Crippen LogP contribution in [0, 0.1) is 17.3 Å². The highest BCUT2D eigenvalue weighted by Crippen LogP contribution is 2.71. The Labute approximate surface area is 112 Å². The van der Waals surface area contributed by atoms with Gasteiger partial charge in [0.1, 0.15) is 11.4 Å². The number of rotatable bonds is 0. The largest absolute Gasteiger partial charge is 0.388 e. The van der Waals surface area contributed by atoms with Gasteiger partial charge in [0.05, 0.1) is 5.60 Å². The minimum Gasteiger partial charge on any atom is -0.388 e. The van der Waals surface area contributed by atoms with E-state index in [-0.39, 0.29) is 42.7 Å². The SMILES string of the molecule is O=C1C[C@@]2(O)C3CC(=O)[C@@](O)(C1)C21CCCC[C@H]1C3. The molecule has 0 aromatic carbocycles. The van der Waals surface area contributed by atoms with Crippen LogP contribution in [0.4, 0.5) is 0 Å². The van der Waals surface area contributed by atoms with Gasteiger partial charge in [-0.05, 0) is 31.1 Å². The number of carbonyl (C=O) groups is 2. The molecule has 0 amide bonds. The third-order valence-corrected chi connectivity index (χ3v) is 6.64. The predicted octanol–water partition coefficient (Wildman–Crippen LogP) is 0.981. The second kappa shape index (κ2) is 3.29. The number of ketones is 2. The van der Waals surface area contributed by atoms with E-state index in [1.807, 2.05) is 0 Å². The molecule has 0 heterocycles. The summed E-state index contributed by atoms with van der Waals surface area (Å²) in [6, 6.07) is 0. The molecule has 104 valence electrons. The quantitative estimate of drug-likeness (QED) is 0.684. The van der Waals surface area contributed by atoms with E-state index in [0.29, 0.717) is 6.42 Å². The molecule has 19 heavy (non-hydrogen) atoms. The van der Waals surface area contributed by atoms with Crippen molar-refractivity contribution in [3.05, 3.63) is 0 Å². The minimum absolute atomic E-state index is 0.0721. The minimum atomic E-state index is -1.59. The molecule has 5 atom stereocenters. The van der Waals surface area contributed by atoms with Crippen LogP contribution in [0.5, 0.6) is 0 Å². The van der Waals surface area contributed by atoms with E-state index in [0.717, 1.165) is 25.7 Å². The van der Waals surface area contributed by atoms with E-state index in [4.69, 9.17) is 0 Å². The van der Waals surface area contributed by atoms with Gasteiger partial charge in [-0.2, -0.15) is 0 Å².